The maximum Gasteiger partial charge on any atom is 0.176 e. The summed E-state index contributed by atoms with van der Waals surface area (Å²) in [7, 11) is 0. The molecular formula is C14H22N2O. The van der Waals surface area contributed by atoms with E-state index in [1.807, 2.05) is 0 Å². The predicted octanol–water partition coefficient (Wildman–Crippen LogP) is 2.57. The van der Waals surface area contributed by atoms with Crippen molar-refractivity contribution in [2.75, 3.05) is 25.4 Å². The van der Waals surface area contributed by atoms with Crippen LogP contribution in [-0.2, 0) is 0 Å². The van der Waals surface area contributed by atoms with Crippen molar-refractivity contribution in [3.05, 3.63) is 29.8 Å². The van der Waals surface area contributed by atoms with Gasteiger partial charge in [0.2, 0.25) is 0 Å². The highest BCUT2D eigenvalue weighted by Gasteiger charge is 2.10. The molecule has 0 saturated carbocycles. The fraction of sp³-hybridized carbons (Fsp3) is 0.500. The van der Waals surface area contributed by atoms with Gasteiger partial charge in [-0.05, 0) is 50.2 Å². The third kappa shape index (κ3) is 4.57. The predicted molar refractivity (Wildman–Crippen MR) is 72.2 cm³/mol. The van der Waals surface area contributed by atoms with Crippen molar-refractivity contribution in [3.8, 4) is 0 Å². The number of nitrogen functional groups attached to an aromatic ring is 1. The van der Waals surface area contributed by atoms with Gasteiger partial charge >= 0.3 is 0 Å². The zero-order valence-electron chi connectivity index (χ0n) is 10.8. The molecule has 1 aromatic rings. The molecule has 0 unspecified atom stereocenters. The molecule has 1 aromatic carbocycles. The van der Waals surface area contributed by atoms with Gasteiger partial charge in [0.05, 0.1) is 6.54 Å². The van der Waals surface area contributed by atoms with Crippen LogP contribution in [0.2, 0.25) is 0 Å². The van der Waals surface area contributed by atoms with Gasteiger partial charge in [0.15, 0.2) is 5.78 Å². The largest absolute Gasteiger partial charge is 0.399 e. The maximum absolute atomic E-state index is 12.0. The van der Waals surface area contributed by atoms with Crippen molar-refractivity contribution >= 4 is 11.5 Å². The number of nitrogens with zero attached hydrogens (tertiary/aromatic N) is 1. The van der Waals surface area contributed by atoms with Crippen molar-refractivity contribution < 1.29 is 4.79 Å². The van der Waals surface area contributed by atoms with E-state index in [-0.39, 0.29) is 5.78 Å². The van der Waals surface area contributed by atoms with Crippen LogP contribution in [-0.4, -0.2) is 30.3 Å². The van der Waals surface area contributed by atoms with Crippen LogP contribution in [0.25, 0.3) is 0 Å². The Morgan fingerprint density at radius 1 is 1.12 bits per heavy atom. The average Bonchev–Trinajstić information content (AvgIpc) is 2.30. The molecule has 1 rings (SSSR count). The van der Waals surface area contributed by atoms with E-state index in [1.165, 1.54) is 0 Å². The van der Waals surface area contributed by atoms with Gasteiger partial charge < -0.3 is 5.73 Å². The molecule has 0 aliphatic carbocycles. The lowest BCUT2D eigenvalue weighted by molar-refractivity contribution is 0.0930. The summed E-state index contributed by atoms with van der Waals surface area (Å²) in [6, 6.07) is 7.15. The third-order valence-corrected chi connectivity index (χ3v) is 2.68. The van der Waals surface area contributed by atoms with E-state index in [0.717, 1.165) is 31.5 Å². The van der Waals surface area contributed by atoms with Crippen LogP contribution in [0.1, 0.15) is 37.0 Å². The Kier molecular flexibility index (Phi) is 5.70. The zero-order valence-corrected chi connectivity index (χ0v) is 10.8. The lowest BCUT2D eigenvalue weighted by Crippen LogP contribution is -2.31. The second-order valence-electron chi connectivity index (χ2n) is 4.32. The van der Waals surface area contributed by atoms with Gasteiger partial charge in [-0.25, -0.2) is 0 Å². The molecule has 3 nitrogen and oxygen atoms in total. The molecule has 0 spiro atoms. The molecule has 94 valence electrons. The van der Waals surface area contributed by atoms with Gasteiger partial charge in [-0.2, -0.15) is 0 Å². The number of nitrogens with two attached hydrogens (primary N) is 1. The zero-order chi connectivity index (χ0) is 12.7. The number of hydrogen-bond acceptors (Lipinski definition) is 3. The molecule has 0 radical (unpaired) electrons. The summed E-state index contributed by atoms with van der Waals surface area (Å²) in [5, 5.41) is 0. The number of benzene rings is 1. The van der Waals surface area contributed by atoms with Crippen LogP contribution < -0.4 is 5.73 Å². The van der Waals surface area contributed by atoms with E-state index in [2.05, 4.69) is 18.7 Å². The Morgan fingerprint density at radius 3 is 2.12 bits per heavy atom. The lowest BCUT2D eigenvalue weighted by Gasteiger charge is -2.19. The van der Waals surface area contributed by atoms with Gasteiger partial charge in [-0.3, -0.25) is 9.69 Å². The standard InChI is InChI=1S/C14H22N2O/c1-3-9-16(10-4-2)11-14(17)12-5-7-13(15)8-6-12/h5-8H,3-4,9-11,15H2,1-2H3. The van der Waals surface area contributed by atoms with Crippen LogP contribution >= 0.6 is 0 Å². The number of Topliss-reactive ketones (excluding diaryl/α,β-unsaturated/α-hetero) is 1. The molecule has 0 saturated heterocycles. The molecule has 17 heavy (non-hydrogen) atoms. The lowest BCUT2D eigenvalue weighted by atomic mass is 10.1. The SMILES string of the molecule is CCCN(CCC)CC(=O)c1ccc(N)cc1. The van der Waals surface area contributed by atoms with Crippen LogP contribution in [0.5, 0.6) is 0 Å². The highest BCUT2D eigenvalue weighted by Crippen LogP contribution is 2.07. The fourth-order valence-electron chi connectivity index (χ4n) is 1.87. The summed E-state index contributed by atoms with van der Waals surface area (Å²) in [6.07, 6.45) is 2.16. The van der Waals surface area contributed by atoms with E-state index in [1.54, 1.807) is 24.3 Å². The molecular weight excluding hydrogens is 212 g/mol. The van der Waals surface area contributed by atoms with Crippen molar-refractivity contribution in [1.82, 2.24) is 4.90 Å². The molecule has 3 heteroatoms. The van der Waals surface area contributed by atoms with Gasteiger partial charge in [0.1, 0.15) is 0 Å². The Balaban J connectivity index is 2.60. The maximum atomic E-state index is 12.0. The molecule has 2 N–H and O–H groups in total. The minimum Gasteiger partial charge on any atom is -0.399 e. The smallest absolute Gasteiger partial charge is 0.176 e. The first kappa shape index (κ1) is 13.7. The molecule has 0 amide bonds. The third-order valence-electron chi connectivity index (χ3n) is 2.68. The van der Waals surface area contributed by atoms with Gasteiger partial charge in [0.25, 0.3) is 0 Å². The number of carbonyl (C=O) groups excluding carboxylic acids is 1. The molecule has 0 atom stereocenters. The summed E-state index contributed by atoms with van der Waals surface area (Å²) in [4.78, 5) is 14.2. The minimum atomic E-state index is 0.173. The summed E-state index contributed by atoms with van der Waals surface area (Å²) >= 11 is 0. The molecule has 0 aromatic heterocycles. The first-order valence-electron chi connectivity index (χ1n) is 6.28. The minimum absolute atomic E-state index is 0.173. The molecule has 0 fully saturated rings. The monoisotopic (exact) mass is 234 g/mol. The number of rotatable bonds is 7. The molecule has 0 heterocycles. The summed E-state index contributed by atoms with van der Waals surface area (Å²) in [5.74, 6) is 0.173. The molecule has 0 bridgehead atoms. The first-order chi connectivity index (χ1) is 8.17. The number of ketones is 1. The van der Waals surface area contributed by atoms with Crippen molar-refractivity contribution in [2.24, 2.45) is 0 Å². The fourth-order valence-corrected chi connectivity index (χ4v) is 1.87. The van der Waals surface area contributed by atoms with Crippen molar-refractivity contribution in [2.45, 2.75) is 26.7 Å². The Bertz CT molecular complexity index is 340. The highest BCUT2D eigenvalue weighted by molar-refractivity contribution is 5.97. The van der Waals surface area contributed by atoms with E-state index in [9.17, 15) is 4.79 Å². The normalized spacial score (nSPS) is 10.8. The second kappa shape index (κ2) is 7.07. The van der Waals surface area contributed by atoms with Crippen LogP contribution in [0, 0.1) is 0 Å². The second-order valence-corrected chi connectivity index (χ2v) is 4.32. The Morgan fingerprint density at radius 2 is 1.65 bits per heavy atom. The number of anilines is 1. The van der Waals surface area contributed by atoms with Gasteiger partial charge in [-0.15, -0.1) is 0 Å². The Hall–Kier alpha value is -1.35. The van der Waals surface area contributed by atoms with E-state index in [0.29, 0.717) is 12.2 Å². The van der Waals surface area contributed by atoms with Crippen LogP contribution in [0.4, 0.5) is 5.69 Å². The Labute approximate surface area is 104 Å². The van der Waals surface area contributed by atoms with Crippen LogP contribution in [0.3, 0.4) is 0 Å². The van der Waals surface area contributed by atoms with Crippen molar-refractivity contribution in [1.29, 1.82) is 0 Å². The summed E-state index contributed by atoms with van der Waals surface area (Å²) < 4.78 is 0. The topological polar surface area (TPSA) is 46.3 Å². The summed E-state index contributed by atoms with van der Waals surface area (Å²) in [5.41, 5.74) is 7.04. The van der Waals surface area contributed by atoms with Crippen LogP contribution in [0.15, 0.2) is 24.3 Å². The number of hydrogen-bond donors (Lipinski definition) is 1. The van der Waals surface area contributed by atoms with Crippen molar-refractivity contribution in [3.63, 3.8) is 0 Å². The highest BCUT2D eigenvalue weighted by atomic mass is 16.1. The first-order valence-corrected chi connectivity index (χ1v) is 6.28. The molecule has 0 aliphatic heterocycles. The summed E-state index contributed by atoms with van der Waals surface area (Å²) in [6.45, 7) is 6.74. The van der Waals surface area contributed by atoms with E-state index < -0.39 is 0 Å². The van der Waals surface area contributed by atoms with Gasteiger partial charge in [0, 0.05) is 11.3 Å². The number of carbonyl (C=O) groups is 1. The quantitative estimate of drug-likeness (QED) is 0.582. The van der Waals surface area contributed by atoms with E-state index in [4.69, 9.17) is 5.73 Å². The van der Waals surface area contributed by atoms with Gasteiger partial charge in [-0.1, -0.05) is 13.8 Å². The molecule has 0 aliphatic rings. The average molecular weight is 234 g/mol. The van der Waals surface area contributed by atoms with E-state index >= 15 is 0 Å².